The zero-order valence-corrected chi connectivity index (χ0v) is 11.0. The van der Waals surface area contributed by atoms with Gasteiger partial charge in [0.1, 0.15) is 11.4 Å². The predicted octanol–water partition coefficient (Wildman–Crippen LogP) is 1.68. The Kier molecular flexibility index (Phi) is 5.12. The summed E-state index contributed by atoms with van der Waals surface area (Å²) in [6.07, 6.45) is 2.55. The molecule has 4 nitrogen and oxygen atoms in total. The van der Waals surface area contributed by atoms with Gasteiger partial charge in [0.25, 0.3) is 0 Å². The van der Waals surface area contributed by atoms with Crippen LogP contribution in [0.3, 0.4) is 0 Å². The van der Waals surface area contributed by atoms with Crippen LogP contribution >= 0.6 is 0 Å². The molecule has 0 aliphatic carbocycles. The van der Waals surface area contributed by atoms with Crippen molar-refractivity contribution >= 4 is 11.8 Å². The molecule has 0 saturated carbocycles. The van der Waals surface area contributed by atoms with E-state index in [-0.39, 0.29) is 24.6 Å². The SMILES string of the molecule is CC(=O)CCC(=O)OC(C)(C)C1CCNCC1. The van der Waals surface area contributed by atoms with Crippen LogP contribution in [0.2, 0.25) is 0 Å². The molecule has 1 saturated heterocycles. The second-order valence-electron chi connectivity index (χ2n) is 5.30. The summed E-state index contributed by atoms with van der Waals surface area (Å²) in [7, 11) is 0. The molecular weight excluding hydrogens is 218 g/mol. The van der Waals surface area contributed by atoms with Crippen LogP contribution < -0.4 is 5.32 Å². The summed E-state index contributed by atoms with van der Waals surface area (Å²) in [5.74, 6) is 0.176. The molecule has 98 valence electrons. The molecule has 0 aromatic carbocycles. The van der Waals surface area contributed by atoms with Crippen molar-refractivity contribution in [3.05, 3.63) is 0 Å². The zero-order valence-electron chi connectivity index (χ0n) is 11.0. The molecule has 0 spiro atoms. The van der Waals surface area contributed by atoms with Crippen molar-refractivity contribution in [3.63, 3.8) is 0 Å². The van der Waals surface area contributed by atoms with Gasteiger partial charge in [-0.05, 0) is 46.7 Å². The molecule has 1 rings (SSSR count). The third kappa shape index (κ3) is 4.86. The summed E-state index contributed by atoms with van der Waals surface area (Å²) < 4.78 is 5.51. The Labute approximate surface area is 103 Å². The summed E-state index contributed by atoms with van der Waals surface area (Å²) >= 11 is 0. The van der Waals surface area contributed by atoms with E-state index in [1.807, 2.05) is 13.8 Å². The number of hydrogen-bond acceptors (Lipinski definition) is 4. The van der Waals surface area contributed by atoms with Crippen LogP contribution in [-0.2, 0) is 14.3 Å². The van der Waals surface area contributed by atoms with Crippen molar-refractivity contribution in [3.8, 4) is 0 Å². The van der Waals surface area contributed by atoms with Gasteiger partial charge in [0, 0.05) is 12.3 Å². The Morgan fingerprint density at radius 3 is 2.35 bits per heavy atom. The molecule has 0 aromatic heterocycles. The van der Waals surface area contributed by atoms with E-state index < -0.39 is 5.60 Å². The zero-order chi connectivity index (χ0) is 12.9. The summed E-state index contributed by atoms with van der Waals surface area (Å²) in [6.45, 7) is 7.40. The Bertz CT molecular complexity index is 280. The molecule has 1 N–H and O–H groups in total. The van der Waals surface area contributed by atoms with Crippen molar-refractivity contribution in [2.24, 2.45) is 5.92 Å². The third-order valence-corrected chi connectivity index (χ3v) is 3.38. The van der Waals surface area contributed by atoms with Gasteiger partial charge in [-0.15, -0.1) is 0 Å². The molecule has 0 atom stereocenters. The van der Waals surface area contributed by atoms with Crippen LogP contribution in [0.1, 0.15) is 46.5 Å². The molecule has 1 aliphatic rings. The van der Waals surface area contributed by atoms with Gasteiger partial charge < -0.3 is 14.8 Å². The van der Waals surface area contributed by atoms with Gasteiger partial charge in [0.15, 0.2) is 0 Å². The minimum absolute atomic E-state index is 0.0293. The van der Waals surface area contributed by atoms with Gasteiger partial charge in [0.05, 0.1) is 6.42 Å². The van der Waals surface area contributed by atoms with E-state index in [4.69, 9.17) is 4.74 Å². The lowest BCUT2D eigenvalue weighted by Crippen LogP contribution is -2.42. The monoisotopic (exact) mass is 241 g/mol. The maximum Gasteiger partial charge on any atom is 0.306 e. The average molecular weight is 241 g/mol. The Hall–Kier alpha value is -0.900. The molecule has 0 bridgehead atoms. The van der Waals surface area contributed by atoms with Gasteiger partial charge in [-0.2, -0.15) is 0 Å². The van der Waals surface area contributed by atoms with Gasteiger partial charge in [-0.25, -0.2) is 0 Å². The van der Waals surface area contributed by atoms with Crippen LogP contribution in [0.15, 0.2) is 0 Å². The van der Waals surface area contributed by atoms with E-state index in [2.05, 4.69) is 5.32 Å². The van der Waals surface area contributed by atoms with Crippen LogP contribution in [0, 0.1) is 5.92 Å². The first kappa shape index (κ1) is 14.2. The highest BCUT2D eigenvalue weighted by molar-refractivity contribution is 5.81. The van der Waals surface area contributed by atoms with Crippen LogP contribution in [0.5, 0.6) is 0 Å². The topological polar surface area (TPSA) is 55.4 Å². The fourth-order valence-electron chi connectivity index (χ4n) is 2.22. The molecule has 0 unspecified atom stereocenters. The quantitative estimate of drug-likeness (QED) is 0.744. The highest BCUT2D eigenvalue weighted by Crippen LogP contribution is 2.29. The largest absolute Gasteiger partial charge is 0.459 e. The number of Topliss-reactive ketones (excluding diaryl/α,β-unsaturated/α-hetero) is 1. The number of rotatable bonds is 5. The molecule has 1 fully saturated rings. The van der Waals surface area contributed by atoms with Gasteiger partial charge in [0.2, 0.25) is 0 Å². The van der Waals surface area contributed by atoms with E-state index in [1.54, 1.807) is 0 Å². The van der Waals surface area contributed by atoms with Crippen LogP contribution in [-0.4, -0.2) is 30.4 Å². The first-order valence-electron chi connectivity index (χ1n) is 6.34. The number of carbonyl (C=O) groups is 2. The minimum Gasteiger partial charge on any atom is -0.459 e. The molecule has 0 aromatic rings. The van der Waals surface area contributed by atoms with E-state index in [0.717, 1.165) is 25.9 Å². The van der Waals surface area contributed by atoms with E-state index >= 15 is 0 Å². The lowest BCUT2D eigenvalue weighted by atomic mass is 9.83. The number of carbonyl (C=O) groups excluding carboxylic acids is 2. The molecule has 4 heteroatoms. The minimum atomic E-state index is -0.421. The summed E-state index contributed by atoms with van der Waals surface area (Å²) in [4.78, 5) is 22.4. The number of piperidine rings is 1. The van der Waals surface area contributed by atoms with Crippen LogP contribution in [0.25, 0.3) is 0 Å². The number of ether oxygens (including phenoxy) is 1. The summed E-state index contributed by atoms with van der Waals surface area (Å²) in [5, 5.41) is 3.30. The van der Waals surface area contributed by atoms with Crippen molar-refractivity contribution in [2.75, 3.05) is 13.1 Å². The average Bonchev–Trinajstić information content (AvgIpc) is 2.27. The second-order valence-corrected chi connectivity index (χ2v) is 5.30. The molecule has 1 aliphatic heterocycles. The number of esters is 1. The fourth-order valence-corrected chi connectivity index (χ4v) is 2.22. The molecule has 0 amide bonds. The predicted molar refractivity (Wildman–Crippen MR) is 65.7 cm³/mol. The van der Waals surface area contributed by atoms with E-state index in [9.17, 15) is 9.59 Å². The lowest BCUT2D eigenvalue weighted by molar-refractivity contribution is -0.163. The third-order valence-electron chi connectivity index (χ3n) is 3.38. The molecular formula is C13H23NO3. The maximum atomic E-state index is 11.6. The van der Waals surface area contributed by atoms with Gasteiger partial charge in [-0.1, -0.05) is 0 Å². The van der Waals surface area contributed by atoms with Crippen molar-refractivity contribution in [2.45, 2.75) is 52.1 Å². The number of ketones is 1. The Balaban J connectivity index is 2.41. The maximum absolute atomic E-state index is 11.6. The summed E-state index contributed by atoms with van der Waals surface area (Å²) in [5.41, 5.74) is -0.421. The molecule has 0 radical (unpaired) electrons. The Morgan fingerprint density at radius 2 is 1.82 bits per heavy atom. The van der Waals surface area contributed by atoms with Crippen molar-refractivity contribution < 1.29 is 14.3 Å². The summed E-state index contributed by atoms with van der Waals surface area (Å²) in [6, 6.07) is 0. The van der Waals surface area contributed by atoms with E-state index in [0.29, 0.717) is 5.92 Å². The van der Waals surface area contributed by atoms with Crippen molar-refractivity contribution in [1.29, 1.82) is 0 Å². The number of hydrogen-bond donors (Lipinski definition) is 1. The highest BCUT2D eigenvalue weighted by atomic mass is 16.6. The second kappa shape index (κ2) is 6.15. The highest BCUT2D eigenvalue weighted by Gasteiger charge is 2.33. The standard InChI is InChI=1S/C13H23NO3/c1-10(15)4-5-12(16)17-13(2,3)11-6-8-14-9-7-11/h11,14H,4-9H2,1-3H3. The van der Waals surface area contributed by atoms with Gasteiger partial charge in [-0.3, -0.25) is 4.79 Å². The van der Waals surface area contributed by atoms with Crippen molar-refractivity contribution in [1.82, 2.24) is 5.32 Å². The first-order valence-corrected chi connectivity index (χ1v) is 6.34. The van der Waals surface area contributed by atoms with Crippen LogP contribution in [0.4, 0.5) is 0 Å². The molecule has 1 heterocycles. The first-order chi connectivity index (χ1) is 7.92. The van der Waals surface area contributed by atoms with E-state index in [1.165, 1.54) is 6.92 Å². The normalized spacial score (nSPS) is 17.8. The number of nitrogens with one attached hydrogen (secondary N) is 1. The Morgan fingerprint density at radius 1 is 1.24 bits per heavy atom. The lowest BCUT2D eigenvalue weighted by Gasteiger charge is -2.36. The smallest absolute Gasteiger partial charge is 0.306 e. The fraction of sp³-hybridized carbons (Fsp3) is 0.846. The molecule has 17 heavy (non-hydrogen) atoms. The van der Waals surface area contributed by atoms with Gasteiger partial charge >= 0.3 is 5.97 Å².